The molecule has 0 aromatic heterocycles. The van der Waals surface area contributed by atoms with E-state index in [9.17, 15) is 0 Å². The van der Waals surface area contributed by atoms with Crippen molar-refractivity contribution in [2.24, 2.45) is 0 Å². The normalized spacial score (nSPS) is 10.3. The van der Waals surface area contributed by atoms with Crippen molar-refractivity contribution >= 4 is 0 Å². The van der Waals surface area contributed by atoms with Crippen molar-refractivity contribution < 1.29 is 14.2 Å². The summed E-state index contributed by atoms with van der Waals surface area (Å²) in [4.78, 5) is 0. The average Bonchev–Trinajstić information content (AvgIpc) is 2.38. The molecule has 0 radical (unpaired) electrons. The van der Waals surface area contributed by atoms with Gasteiger partial charge in [0.05, 0.1) is 14.2 Å². The molecule has 0 amide bonds. The minimum absolute atomic E-state index is 0.791. The first kappa shape index (κ1) is 13.8. The molecule has 0 aliphatic rings. The fourth-order valence-electron chi connectivity index (χ4n) is 1.76. The van der Waals surface area contributed by atoms with Gasteiger partial charge in [0.2, 0.25) is 0 Å². The molecular formula is C14H22O3. The molecule has 0 unspecified atom stereocenters. The van der Waals surface area contributed by atoms with Crippen molar-refractivity contribution in [3.63, 3.8) is 0 Å². The summed E-state index contributed by atoms with van der Waals surface area (Å²) in [5.74, 6) is 1.63. The first-order valence-electron chi connectivity index (χ1n) is 6.11. The molecule has 0 aliphatic carbocycles. The van der Waals surface area contributed by atoms with E-state index in [1.54, 1.807) is 14.2 Å². The van der Waals surface area contributed by atoms with Gasteiger partial charge in [-0.2, -0.15) is 0 Å². The molecular weight excluding hydrogens is 216 g/mol. The van der Waals surface area contributed by atoms with Crippen molar-refractivity contribution in [1.82, 2.24) is 0 Å². The van der Waals surface area contributed by atoms with Gasteiger partial charge in [0.25, 0.3) is 0 Å². The van der Waals surface area contributed by atoms with Crippen LogP contribution in [-0.2, 0) is 11.2 Å². The van der Waals surface area contributed by atoms with Crippen LogP contribution in [0.25, 0.3) is 0 Å². The van der Waals surface area contributed by atoms with E-state index in [4.69, 9.17) is 14.2 Å². The Morgan fingerprint density at radius 2 is 1.88 bits per heavy atom. The summed E-state index contributed by atoms with van der Waals surface area (Å²) in [7, 11) is 3.33. The van der Waals surface area contributed by atoms with Crippen molar-refractivity contribution in [2.45, 2.75) is 26.2 Å². The van der Waals surface area contributed by atoms with Gasteiger partial charge in [0.15, 0.2) is 11.5 Å². The van der Waals surface area contributed by atoms with Gasteiger partial charge >= 0.3 is 0 Å². The second-order valence-electron chi connectivity index (χ2n) is 3.87. The second-order valence-corrected chi connectivity index (χ2v) is 3.87. The van der Waals surface area contributed by atoms with Crippen molar-refractivity contribution in [2.75, 3.05) is 27.4 Å². The molecule has 96 valence electrons. The number of methoxy groups -OCH3 is 2. The molecule has 1 aromatic rings. The van der Waals surface area contributed by atoms with E-state index in [1.807, 2.05) is 12.1 Å². The number of benzene rings is 1. The molecule has 1 rings (SSSR count). The smallest absolute Gasteiger partial charge is 0.163 e. The van der Waals surface area contributed by atoms with Crippen LogP contribution in [-0.4, -0.2) is 27.4 Å². The molecule has 0 atom stereocenters. The highest BCUT2D eigenvalue weighted by atomic mass is 16.5. The summed E-state index contributed by atoms with van der Waals surface area (Å²) in [5.41, 5.74) is 1.17. The van der Waals surface area contributed by atoms with Gasteiger partial charge in [0.1, 0.15) is 0 Å². The summed E-state index contributed by atoms with van der Waals surface area (Å²) < 4.78 is 16.1. The molecule has 0 saturated heterocycles. The maximum Gasteiger partial charge on any atom is 0.163 e. The first-order chi connectivity index (χ1) is 8.33. The monoisotopic (exact) mass is 238 g/mol. The summed E-state index contributed by atoms with van der Waals surface area (Å²) in [6, 6.07) is 5.97. The molecule has 3 nitrogen and oxygen atoms in total. The number of para-hydroxylation sites is 1. The Morgan fingerprint density at radius 3 is 2.53 bits per heavy atom. The molecule has 3 heteroatoms. The summed E-state index contributed by atoms with van der Waals surface area (Å²) in [5, 5.41) is 0. The van der Waals surface area contributed by atoms with Crippen LogP contribution in [0.3, 0.4) is 0 Å². The molecule has 0 heterocycles. The summed E-state index contributed by atoms with van der Waals surface area (Å²) >= 11 is 0. The van der Waals surface area contributed by atoms with E-state index in [0.29, 0.717) is 0 Å². The molecule has 0 bridgehead atoms. The van der Waals surface area contributed by atoms with Gasteiger partial charge in [-0.05, 0) is 30.9 Å². The maximum atomic E-state index is 5.46. The highest BCUT2D eigenvalue weighted by Crippen LogP contribution is 2.31. The Kier molecular flexibility index (Phi) is 6.48. The minimum atomic E-state index is 0.791. The predicted molar refractivity (Wildman–Crippen MR) is 69.0 cm³/mol. The SMILES string of the molecule is CCCOCCCc1cccc(OC)c1OC. The Hall–Kier alpha value is -1.22. The fraction of sp³-hybridized carbons (Fsp3) is 0.571. The molecule has 0 saturated carbocycles. The third kappa shape index (κ3) is 4.27. The highest BCUT2D eigenvalue weighted by Gasteiger charge is 2.08. The van der Waals surface area contributed by atoms with Crippen LogP contribution in [0.2, 0.25) is 0 Å². The predicted octanol–water partition coefficient (Wildman–Crippen LogP) is 3.06. The van der Waals surface area contributed by atoms with E-state index in [-0.39, 0.29) is 0 Å². The van der Waals surface area contributed by atoms with Gasteiger partial charge in [-0.1, -0.05) is 19.1 Å². The van der Waals surface area contributed by atoms with E-state index in [1.165, 1.54) is 5.56 Å². The zero-order valence-corrected chi connectivity index (χ0v) is 11.0. The van der Waals surface area contributed by atoms with Crippen molar-refractivity contribution in [3.05, 3.63) is 23.8 Å². The second kappa shape index (κ2) is 7.96. The standard InChI is InChI=1S/C14H22O3/c1-4-10-17-11-6-8-12-7-5-9-13(15-2)14(12)16-3/h5,7,9H,4,6,8,10-11H2,1-3H3. The van der Waals surface area contributed by atoms with Crippen molar-refractivity contribution in [1.29, 1.82) is 0 Å². The lowest BCUT2D eigenvalue weighted by Crippen LogP contribution is -2.00. The van der Waals surface area contributed by atoms with Gasteiger partial charge < -0.3 is 14.2 Å². The topological polar surface area (TPSA) is 27.7 Å². The van der Waals surface area contributed by atoms with Crippen LogP contribution >= 0.6 is 0 Å². The van der Waals surface area contributed by atoms with Gasteiger partial charge in [0, 0.05) is 13.2 Å². The zero-order chi connectivity index (χ0) is 12.5. The highest BCUT2D eigenvalue weighted by molar-refractivity contribution is 5.46. The summed E-state index contributed by atoms with van der Waals surface area (Å²) in [6.45, 7) is 3.76. The third-order valence-electron chi connectivity index (χ3n) is 2.57. The molecule has 17 heavy (non-hydrogen) atoms. The van der Waals surface area contributed by atoms with Crippen LogP contribution in [0.1, 0.15) is 25.3 Å². The largest absolute Gasteiger partial charge is 0.493 e. The number of aryl methyl sites for hydroxylation is 1. The summed E-state index contributed by atoms with van der Waals surface area (Å²) in [6.07, 6.45) is 3.02. The number of hydrogen-bond donors (Lipinski definition) is 0. The lowest BCUT2D eigenvalue weighted by Gasteiger charge is -2.12. The van der Waals surface area contributed by atoms with Crippen LogP contribution in [0, 0.1) is 0 Å². The van der Waals surface area contributed by atoms with E-state index >= 15 is 0 Å². The van der Waals surface area contributed by atoms with E-state index < -0.39 is 0 Å². The average molecular weight is 238 g/mol. The van der Waals surface area contributed by atoms with Gasteiger partial charge in [-0.3, -0.25) is 0 Å². The molecule has 0 spiro atoms. The number of hydrogen-bond acceptors (Lipinski definition) is 3. The zero-order valence-electron chi connectivity index (χ0n) is 11.0. The van der Waals surface area contributed by atoms with Gasteiger partial charge in [-0.25, -0.2) is 0 Å². The minimum Gasteiger partial charge on any atom is -0.493 e. The molecule has 0 fully saturated rings. The van der Waals surface area contributed by atoms with Crippen LogP contribution in [0.15, 0.2) is 18.2 Å². The first-order valence-corrected chi connectivity index (χ1v) is 6.11. The Morgan fingerprint density at radius 1 is 1.06 bits per heavy atom. The van der Waals surface area contributed by atoms with Crippen LogP contribution < -0.4 is 9.47 Å². The number of ether oxygens (including phenoxy) is 3. The van der Waals surface area contributed by atoms with E-state index in [2.05, 4.69) is 13.0 Å². The lowest BCUT2D eigenvalue weighted by atomic mass is 10.1. The van der Waals surface area contributed by atoms with Gasteiger partial charge in [-0.15, -0.1) is 0 Å². The van der Waals surface area contributed by atoms with Crippen LogP contribution in [0.4, 0.5) is 0 Å². The molecule has 1 aromatic carbocycles. The van der Waals surface area contributed by atoms with Crippen LogP contribution in [0.5, 0.6) is 11.5 Å². The Balaban J connectivity index is 2.52. The third-order valence-corrected chi connectivity index (χ3v) is 2.57. The molecule has 0 N–H and O–H groups in total. The lowest BCUT2D eigenvalue weighted by molar-refractivity contribution is 0.132. The Labute approximate surface area is 104 Å². The van der Waals surface area contributed by atoms with E-state index in [0.717, 1.165) is 44.0 Å². The fourth-order valence-corrected chi connectivity index (χ4v) is 1.76. The number of rotatable bonds is 8. The Bertz CT molecular complexity index is 323. The quantitative estimate of drug-likeness (QED) is 0.651. The maximum absolute atomic E-state index is 5.46. The van der Waals surface area contributed by atoms with Crippen molar-refractivity contribution in [3.8, 4) is 11.5 Å². The molecule has 0 aliphatic heterocycles.